The van der Waals surface area contributed by atoms with Crippen molar-refractivity contribution in [2.75, 3.05) is 28.6 Å². The third-order valence-electron chi connectivity index (χ3n) is 5.12. The fourth-order valence-corrected chi connectivity index (χ4v) is 3.37. The van der Waals surface area contributed by atoms with Gasteiger partial charge in [0.2, 0.25) is 5.95 Å². The predicted molar refractivity (Wildman–Crippen MR) is 112 cm³/mol. The molecule has 1 aromatic heterocycles. The summed E-state index contributed by atoms with van der Waals surface area (Å²) in [6, 6.07) is 16.6. The molecule has 0 unspecified atom stereocenters. The van der Waals surface area contributed by atoms with E-state index < -0.39 is 0 Å². The van der Waals surface area contributed by atoms with Crippen molar-refractivity contribution in [3.05, 3.63) is 65.9 Å². The first-order valence-electron chi connectivity index (χ1n) is 9.47. The molecule has 0 spiro atoms. The molecule has 1 aliphatic rings. The maximum absolute atomic E-state index is 4.59. The van der Waals surface area contributed by atoms with E-state index in [4.69, 9.17) is 0 Å². The number of aryl methyl sites for hydroxylation is 1. The number of nitrogens with one attached hydrogen (secondary N) is 2. The minimum atomic E-state index is 0.586. The van der Waals surface area contributed by atoms with Crippen molar-refractivity contribution < 1.29 is 0 Å². The van der Waals surface area contributed by atoms with Gasteiger partial charge < -0.3 is 15.5 Å². The highest BCUT2D eigenvalue weighted by atomic mass is 15.2. The first-order valence-corrected chi connectivity index (χ1v) is 9.47. The second kappa shape index (κ2) is 7.66. The van der Waals surface area contributed by atoms with E-state index in [1.807, 2.05) is 18.2 Å². The lowest BCUT2D eigenvalue weighted by Gasteiger charge is -2.18. The predicted octanol–water partition coefficient (Wildman–Crippen LogP) is 5.18. The normalized spacial score (nSPS) is 13.6. The summed E-state index contributed by atoms with van der Waals surface area (Å²) in [5.41, 5.74) is 5.79. The minimum absolute atomic E-state index is 0.586. The largest absolute Gasteiger partial charge is 0.372 e. The van der Waals surface area contributed by atoms with Crippen LogP contribution in [0.25, 0.3) is 0 Å². The second-order valence-electron chi connectivity index (χ2n) is 7.00. The van der Waals surface area contributed by atoms with Gasteiger partial charge in [0.1, 0.15) is 5.82 Å². The Labute approximate surface area is 160 Å². The molecule has 2 aromatic carbocycles. The molecule has 1 aliphatic heterocycles. The molecule has 5 nitrogen and oxygen atoms in total. The maximum atomic E-state index is 4.59. The van der Waals surface area contributed by atoms with E-state index in [1.165, 1.54) is 29.7 Å². The van der Waals surface area contributed by atoms with Crippen LogP contribution in [0.2, 0.25) is 0 Å². The van der Waals surface area contributed by atoms with Gasteiger partial charge in [-0.05, 0) is 74.2 Å². The van der Waals surface area contributed by atoms with E-state index in [0.29, 0.717) is 5.95 Å². The van der Waals surface area contributed by atoms with Crippen molar-refractivity contribution in [2.45, 2.75) is 26.7 Å². The van der Waals surface area contributed by atoms with Gasteiger partial charge in [-0.3, -0.25) is 0 Å². The van der Waals surface area contributed by atoms with Crippen molar-refractivity contribution in [3.8, 4) is 0 Å². The van der Waals surface area contributed by atoms with Crippen LogP contribution in [0.4, 0.5) is 28.8 Å². The molecule has 0 bridgehead atoms. The van der Waals surface area contributed by atoms with E-state index >= 15 is 0 Å². The molecule has 27 heavy (non-hydrogen) atoms. The molecule has 5 heteroatoms. The molecule has 1 saturated heterocycles. The van der Waals surface area contributed by atoms with Crippen molar-refractivity contribution in [1.82, 2.24) is 9.97 Å². The number of hydrogen-bond donors (Lipinski definition) is 2. The number of benzene rings is 2. The van der Waals surface area contributed by atoms with Crippen LogP contribution in [0.15, 0.2) is 54.7 Å². The van der Waals surface area contributed by atoms with Gasteiger partial charge in [0, 0.05) is 36.3 Å². The summed E-state index contributed by atoms with van der Waals surface area (Å²) in [4.78, 5) is 11.4. The minimum Gasteiger partial charge on any atom is -0.372 e. The summed E-state index contributed by atoms with van der Waals surface area (Å²) < 4.78 is 0. The van der Waals surface area contributed by atoms with Gasteiger partial charge in [-0.25, -0.2) is 4.98 Å². The standard InChI is InChI=1S/C22H25N5/c1-16-6-5-7-20(17(16)2)25-22-23-13-12-21(26-22)24-18-8-10-19(11-9-18)27-14-3-4-15-27/h5-13H,3-4,14-15H2,1-2H3,(H2,23,24,25,26). The Kier molecular flexibility index (Phi) is 4.92. The topological polar surface area (TPSA) is 53.1 Å². The Balaban J connectivity index is 1.47. The van der Waals surface area contributed by atoms with Gasteiger partial charge in [0.05, 0.1) is 0 Å². The first-order chi connectivity index (χ1) is 13.2. The summed E-state index contributed by atoms with van der Waals surface area (Å²) in [5, 5.41) is 6.68. The summed E-state index contributed by atoms with van der Waals surface area (Å²) in [6.07, 6.45) is 4.34. The van der Waals surface area contributed by atoms with Gasteiger partial charge in [-0.15, -0.1) is 0 Å². The van der Waals surface area contributed by atoms with Crippen LogP contribution >= 0.6 is 0 Å². The Bertz CT molecular complexity index is 914. The number of anilines is 5. The van der Waals surface area contributed by atoms with E-state index in [2.05, 4.69) is 69.7 Å². The average molecular weight is 359 g/mol. The van der Waals surface area contributed by atoms with Crippen molar-refractivity contribution in [2.24, 2.45) is 0 Å². The number of aromatic nitrogens is 2. The van der Waals surface area contributed by atoms with Gasteiger partial charge >= 0.3 is 0 Å². The summed E-state index contributed by atoms with van der Waals surface area (Å²) in [5.74, 6) is 1.36. The Hall–Kier alpha value is -3.08. The quantitative estimate of drug-likeness (QED) is 0.657. The van der Waals surface area contributed by atoms with E-state index in [9.17, 15) is 0 Å². The van der Waals surface area contributed by atoms with Gasteiger partial charge in [0.25, 0.3) is 0 Å². The monoisotopic (exact) mass is 359 g/mol. The summed E-state index contributed by atoms with van der Waals surface area (Å²) in [6.45, 7) is 6.52. The average Bonchev–Trinajstić information content (AvgIpc) is 3.21. The molecule has 0 radical (unpaired) electrons. The molecule has 3 aromatic rings. The molecular formula is C22H25N5. The van der Waals surface area contributed by atoms with E-state index in [-0.39, 0.29) is 0 Å². The highest BCUT2D eigenvalue weighted by Gasteiger charge is 2.12. The molecule has 4 rings (SSSR count). The van der Waals surface area contributed by atoms with Crippen LogP contribution in [0.3, 0.4) is 0 Å². The lowest BCUT2D eigenvalue weighted by atomic mass is 10.1. The highest BCUT2D eigenvalue weighted by molar-refractivity contribution is 5.64. The van der Waals surface area contributed by atoms with E-state index in [1.54, 1.807) is 6.20 Å². The van der Waals surface area contributed by atoms with Crippen LogP contribution in [0.1, 0.15) is 24.0 Å². The fraction of sp³-hybridized carbons (Fsp3) is 0.273. The number of hydrogen-bond acceptors (Lipinski definition) is 5. The van der Waals surface area contributed by atoms with Crippen LogP contribution < -0.4 is 15.5 Å². The van der Waals surface area contributed by atoms with Gasteiger partial charge in [-0.1, -0.05) is 12.1 Å². The Morgan fingerprint density at radius 3 is 2.44 bits per heavy atom. The van der Waals surface area contributed by atoms with Crippen molar-refractivity contribution in [1.29, 1.82) is 0 Å². The Morgan fingerprint density at radius 1 is 0.889 bits per heavy atom. The molecule has 0 atom stereocenters. The molecule has 138 valence electrons. The first kappa shape index (κ1) is 17.3. The molecule has 0 aliphatic carbocycles. The molecule has 1 fully saturated rings. The molecule has 2 heterocycles. The smallest absolute Gasteiger partial charge is 0.229 e. The maximum Gasteiger partial charge on any atom is 0.229 e. The zero-order chi connectivity index (χ0) is 18.6. The second-order valence-corrected chi connectivity index (χ2v) is 7.00. The molecular weight excluding hydrogens is 334 g/mol. The third kappa shape index (κ3) is 4.03. The van der Waals surface area contributed by atoms with Crippen LogP contribution in [0, 0.1) is 13.8 Å². The zero-order valence-corrected chi connectivity index (χ0v) is 15.9. The zero-order valence-electron chi connectivity index (χ0n) is 15.9. The number of nitrogens with zero attached hydrogens (tertiary/aromatic N) is 3. The fourth-order valence-electron chi connectivity index (χ4n) is 3.37. The molecule has 0 amide bonds. The third-order valence-corrected chi connectivity index (χ3v) is 5.12. The van der Waals surface area contributed by atoms with Crippen molar-refractivity contribution >= 4 is 28.8 Å². The van der Waals surface area contributed by atoms with E-state index in [0.717, 1.165) is 30.3 Å². The van der Waals surface area contributed by atoms with Crippen LogP contribution in [-0.2, 0) is 0 Å². The number of rotatable bonds is 5. The Morgan fingerprint density at radius 2 is 1.67 bits per heavy atom. The molecule has 0 saturated carbocycles. The lowest BCUT2D eigenvalue weighted by molar-refractivity contribution is 0.949. The SMILES string of the molecule is Cc1cccc(Nc2nccc(Nc3ccc(N4CCCC4)cc3)n2)c1C. The van der Waals surface area contributed by atoms with Crippen LogP contribution in [-0.4, -0.2) is 23.1 Å². The van der Waals surface area contributed by atoms with Crippen molar-refractivity contribution in [3.63, 3.8) is 0 Å². The van der Waals surface area contributed by atoms with Gasteiger partial charge in [0.15, 0.2) is 0 Å². The highest BCUT2D eigenvalue weighted by Crippen LogP contribution is 2.25. The van der Waals surface area contributed by atoms with Crippen LogP contribution in [0.5, 0.6) is 0 Å². The lowest BCUT2D eigenvalue weighted by Crippen LogP contribution is -2.17. The summed E-state index contributed by atoms with van der Waals surface area (Å²) in [7, 11) is 0. The van der Waals surface area contributed by atoms with Gasteiger partial charge in [-0.2, -0.15) is 4.98 Å². The summed E-state index contributed by atoms with van der Waals surface area (Å²) >= 11 is 0. The molecule has 2 N–H and O–H groups in total.